The van der Waals surface area contributed by atoms with E-state index in [0.29, 0.717) is 33.0 Å². The summed E-state index contributed by atoms with van der Waals surface area (Å²) in [6.45, 7) is 0. The molecule has 1 aromatic carbocycles. The van der Waals surface area contributed by atoms with Gasteiger partial charge < -0.3 is 10.5 Å². The van der Waals surface area contributed by atoms with Crippen molar-refractivity contribution in [3.63, 3.8) is 0 Å². The predicted molar refractivity (Wildman–Crippen MR) is 81.6 cm³/mol. The van der Waals surface area contributed by atoms with Gasteiger partial charge in [0, 0.05) is 11.8 Å². The highest BCUT2D eigenvalue weighted by Gasteiger charge is 2.16. The maximum Gasteiger partial charge on any atom is 0.158 e. The lowest BCUT2D eigenvalue weighted by Gasteiger charge is -2.06. The van der Waals surface area contributed by atoms with Gasteiger partial charge in [-0.1, -0.05) is 35.3 Å². The summed E-state index contributed by atoms with van der Waals surface area (Å²) in [6.07, 6.45) is 1.68. The highest BCUT2D eigenvalue weighted by Crippen LogP contribution is 2.35. The molecule has 2 heterocycles. The number of aromatic nitrogens is 2. The molecular formula is C14H11Cl2N3O. The van der Waals surface area contributed by atoms with Crippen molar-refractivity contribution < 1.29 is 4.74 Å². The van der Waals surface area contributed by atoms with Crippen LogP contribution in [0.1, 0.15) is 0 Å². The number of imidazole rings is 1. The summed E-state index contributed by atoms with van der Waals surface area (Å²) in [5, 5.41) is 0.948. The number of nitrogen functional groups attached to an aromatic ring is 1. The number of ether oxygens (including phenoxy) is 1. The maximum atomic E-state index is 6.16. The van der Waals surface area contributed by atoms with Crippen LogP contribution in [-0.2, 0) is 0 Å². The van der Waals surface area contributed by atoms with Crippen molar-refractivity contribution in [2.45, 2.75) is 0 Å². The Morgan fingerprint density at radius 2 is 2.00 bits per heavy atom. The van der Waals surface area contributed by atoms with Gasteiger partial charge in [0.05, 0.1) is 17.2 Å². The number of pyridine rings is 1. The van der Waals surface area contributed by atoms with Crippen LogP contribution < -0.4 is 10.5 Å². The molecule has 6 heteroatoms. The van der Waals surface area contributed by atoms with E-state index in [1.54, 1.807) is 23.8 Å². The maximum absolute atomic E-state index is 6.16. The van der Waals surface area contributed by atoms with Gasteiger partial charge in [0.25, 0.3) is 0 Å². The average molecular weight is 308 g/mol. The van der Waals surface area contributed by atoms with E-state index < -0.39 is 0 Å². The number of halogens is 2. The minimum absolute atomic E-state index is 0.449. The summed E-state index contributed by atoms with van der Waals surface area (Å²) in [4.78, 5) is 4.50. The van der Waals surface area contributed by atoms with Gasteiger partial charge in [-0.3, -0.25) is 4.40 Å². The smallest absolute Gasteiger partial charge is 0.158 e. The Hall–Kier alpha value is -1.91. The Bertz CT molecular complexity index is 798. The third-order valence-electron chi connectivity index (χ3n) is 3.04. The predicted octanol–water partition coefficient (Wildman–Crippen LogP) is 3.90. The van der Waals surface area contributed by atoms with E-state index in [0.717, 1.165) is 5.56 Å². The van der Waals surface area contributed by atoms with Crippen LogP contribution in [0, 0.1) is 0 Å². The second-order valence-corrected chi connectivity index (χ2v) is 5.09. The molecule has 0 saturated carbocycles. The van der Waals surface area contributed by atoms with Crippen molar-refractivity contribution in [3.05, 3.63) is 46.6 Å². The lowest BCUT2D eigenvalue weighted by atomic mass is 10.1. The SMILES string of the molecule is COc1ccccc1-c1nc2c(Cl)cc(Cl)cn2c1N. The van der Waals surface area contributed by atoms with Crippen molar-refractivity contribution in [3.8, 4) is 17.0 Å². The second-order valence-electron chi connectivity index (χ2n) is 4.25. The third kappa shape index (κ3) is 1.97. The molecular weight excluding hydrogens is 297 g/mol. The summed E-state index contributed by atoms with van der Waals surface area (Å²) in [7, 11) is 1.61. The number of hydrogen-bond acceptors (Lipinski definition) is 3. The fourth-order valence-corrected chi connectivity index (χ4v) is 2.64. The molecule has 0 bridgehead atoms. The number of methoxy groups -OCH3 is 1. The Morgan fingerprint density at radius 3 is 2.75 bits per heavy atom. The molecule has 0 atom stereocenters. The zero-order chi connectivity index (χ0) is 14.3. The number of nitrogens with two attached hydrogens (primary N) is 1. The fraction of sp³-hybridized carbons (Fsp3) is 0.0714. The quantitative estimate of drug-likeness (QED) is 0.781. The molecule has 3 rings (SSSR count). The molecule has 0 fully saturated rings. The van der Waals surface area contributed by atoms with Crippen LogP contribution in [0.2, 0.25) is 10.0 Å². The van der Waals surface area contributed by atoms with Crippen molar-refractivity contribution in [1.29, 1.82) is 0 Å². The van der Waals surface area contributed by atoms with E-state index in [9.17, 15) is 0 Å². The molecule has 0 unspecified atom stereocenters. The third-order valence-corrected chi connectivity index (χ3v) is 3.53. The van der Waals surface area contributed by atoms with Crippen LogP contribution in [0.15, 0.2) is 36.5 Å². The zero-order valence-electron chi connectivity index (χ0n) is 10.6. The fourth-order valence-electron chi connectivity index (χ4n) is 2.13. The number of rotatable bonds is 2. The number of hydrogen-bond donors (Lipinski definition) is 1. The van der Waals surface area contributed by atoms with Gasteiger partial charge in [0.2, 0.25) is 0 Å². The first-order valence-electron chi connectivity index (χ1n) is 5.88. The summed E-state index contributed by atoms with van der Waals surface area (Å²) in [6, 6.07) is 9.17. The van der Waals surface area contributed by atoms with Gasteiger partial charge in [-0.2, -0.15) is 0 Å². The summed E-state index contributed by atoms with van der Waals surface area (Å²) >= 11 is 12.2. The number of anilines is 1. The Labute approximate surface area is 125 Å². The van der Waals surface area contributed by atoms with Gasteiger partial charge in [-0.25, -0.2) is 4.98 Å². The molecule has 0 aliphatic rings. The largest absolute Gasteiger partial charge is 0.496 e. The van der Waals surface area contributed by atoms with Crippen LogP contribution in [0.5, 0.6) is 5.75 Å². The normalized spacial score (nSPS) is 10.9. The summed E-state index contributed by atoms with van der Waals surface area (Å²) < 4.78 is 7.01. The topological polar surface area (TPSA) is 52.5 Å². The number of fused-ring (bicyclic) bond motifs is 1. The summed E-state index contributed by atoms with van der Waals surface area (Å²) in [5.41, 5.74) is 8.15. The van der Waals surface area contributed by atoms with E-state index in [2.05, 4.69) is 4.98 Å². The standard InChI is InChI=1S/C14H11Cl2N3O/c1-20-11-5-3-2-4-9(11)12-13(17)19-7-8(15)6-10(16)14(19)18-12/h2-7H,17H2,1H3. The van der Waals surface area contributed by atoms with Crippen molar-refractivity contribution >= 4 is 34.7 Å². The molecule has 20 heavy (non-hydrogen) atoms. The van der Waals surface area contributed by atoms with Crippen molar-refractivity contribution in [2.75, 3.05) is 12.8 Å². The van der Waals surface area contributed by atoms with Crippen molar-refractivity contribution in [1.82, 2.24) is 9.38 Å². The highest BCUT2D eigenvalue weighted by molar-refractivity contribution is 6.36. The van der Waals surface area contributed by atoms with Crippen LogP contribution in [0.25, 0.3) is 16.9 Å². The zero-order valence-corrected chi connectivity index (χ0v) is 12.1. The number of benzene rings is 1. The van der Waals surface area contributed by atoms with Crippen LogP contribution in [0.4, 0.5) is 5.82 Å². The number of nitrogens with zero attached hydrogens (tertiary/aromatic N) is 2. The molecule has 0 saturated heterocycles. The lowest BCUT2D eigenvalue weighted by molar-refractivity contribution is 0.416. The van der Waals surface area contributed by atoms with E-state index in [4.69, 9.17) is 33.7 Å². The van der Waals surface area contributed by atoms with Crippen LogP contribution >= 0.6 is 23.2 Å². The first-order valence-corrected chi connectivity index (χ1v) is 6.63. The minimum atomic E-state index is 0.449. The first-order chi connectivity index (χ1) is 9.61. The first kappa shape index (κ1) is 13.1. The second kappa shape index (κ2) is 4.89. The Kier molecular flexibility index (Phi) is 3.20. The van der Waals surface area contributed by atoms with E-state index in [1.807, 2.05) is 24.3 Å². The monoisotopic (exact) mass is 307 g/mol. The van der Waals surface area contributed by atoms with Crippen LogP contribution in [-0.4, -0.2) is 16.5 Å². The molecule has 0 aliphatic heterocycles. The molecule has 0 aliphatic carbocycles. The van der Waals surface area contributed by atoms with Gasteiger partial charge in [0.15, 0.2) is 5.65 Å². The van der Waals surface area contributed by atoms with Gasteiger partial charge in [0.1, 0.15) is 17.3 Å². The lowest BCUT2D eigenvalue weighted by Crippen LogP contribution is -1.95. The molecule has 3 aromatic rings. The highest BCUT2D eigenvalue weighted by atomic mass is 35.5. The molecule has 0 spiro atoms. The Morgan fingerprint density at radius 1 is 1.25 bits per heavy atom. The van der Waals surface area contributed by atoms with E-state index in [1.165, 1.54) is 0 Å². The van der Waals surface area contributed by atoms with Gasteiger partial charge in [-0.15, -0.1) is 0 Å². The number of para-hydroxylation sites is 1. The van der Waals surface area contributed by atoms with Crippen LogP contribution in [0.3, 0.4) is 0 Å². The van der Waals surface area contributed by atoms with Gasteiger partial charge >= 0.3 is 0 Å². The van der Waals surface area contributed by atoms with E-state index >= 15 is 0 Å². The molecule has 4 nitrogen and oxygen atoms in total. The van der Waals surface area contributed by atoms with Crippen molar-refractivity contribution in [2.24, 2.45) is 0 Å². The molecule has 0 radical (unpaired) electrons. The Balaban J connectivity index is 2.32. The molecule has 102 valence electrons. The van der Waals surface area contributed by atoms with E-state index in [-0.39, 0.29) is 0 Å². The average Bonchev–Trinajstić information content (AvgIpc) is 2.77. The molecule has 0 amide bonds. The molecule has 2 aromatic heterocycles. The van der Waals surface area contributed by atoms with Gasteiger partial charge in [-0.05, 0) is 18.2 Å². The molecule has 2 N–H and O–H groups in total. The summed E-state index contributed by atoms with van der Waals surface area (Å²) in [5.74, 6) is 1.17. The minimum Gasteiger partial charge on any atom is -0.496 e.